The van der Waals surface area contributed by atoms with E-state index < -0.39 is 5.60 Å². The van der Waals surface area contributed by atoms with E-state index in [-0.39, 0.29) is 12.4 Å². The van der Waals surface area contributed by atoms with Gasteiger partial charge in [0.2, 0.25) is 0 Å². The van der Waals surface area contributed by atoms with Gasteiger partial charge in [-0.05, 0) is 74.8 Å². The molecule has 0 bridgehead atoms. The molecule has 0 saturated heterocycles. The van der Waals surface area contributed by atoms with Gasteiger partial charge in [0.1, 0.15) is 5.75 Å². The zero-order valence-corrected chi connectivity index (χ0v) is 15.3. The number of unbranched alkanes of at least 4 members (excludes halogenated alkanes) is 1. The molecule has 0 saturated carbocycles. The van der Waals surface area contributed by atoms with Gasteiger partial charge in [-0.1, -0.05) is 36.8 Å². The molecular formula is C22H30O3. The summed E-state index contributed by atoms with van der Waals surface area (Å²) >= 11 is 0. The Labute approximate surface area is 151 Å². The summed E-state index contributed by atoms with van der Waals surface area (Å²) in [5.41, 5.74) is 3.77. The maximum atomic E-state index is 9.72. The van der Waals surface area contributed by atoms with Gasteiger partial charge >= 0.3 is 0 Å². The molecule has 136 valence electrons. The number of aryl methyl sites for hydroxylation is 3. The van der Waals surface area contributed by atoms with Crippen molar-refractivity contribution < 1.29 is 15.3 Å². The smallest absolute Gasteiger partial charge is 0.121 e. The number of benzene rings is 2. The summed E-state index contributed by atoms with van der Waals surface area (Å²) in [7, 11) is 0. The van der Waals surface area contributed by atoms with Crippen molar-refractivity contribution in [3.8, 4) is 5.75 Å². The molecule has 2 aromatic carbocycles. The SMILES string of the molecule is CC(C)(O)CCCCc1ccc(CCc2ccc(O)c(CO)c2)cc1. The molecule has 0 heterocycles. The maximum absolute atomic E-state index is 9.72. The molecule has 0 amide bonds. The third-order valence-corrected chi connectivity index (χ3v) is 4.54. The highest BCUT2D eigenvalue weighted by molar-refractivity contribution is 5.36. The molecule has 25 heavy (non-hydrogen) atoms. The Morgan fingerprint density at radius 2 is 1.36 bits per heavy atom. The first-order valence-electron chi connectivity index (χ1n) is 9.09. The van der Waals surface area contributed by atoms with Crippen LogP contribution >= 0.6 is 0 Å². The summed E-state index contributed by atoms with van der Waals surface area (Å²) in [5, 5.41) is 28.6. The van der Waals surface area contributed by atoms with E-state index in [2.05, 4.69) is 24.3 Å². The highest BCUT2D eigenvalue weighted by Gasteiger charge is 2.11. The summed E-state index contributed by atoms with van der Waals surface area (Å²) < 4.78 is 0. The van der Waals surface area contributed by atoms with Gasteiger partial charge in [0.25, 0.3) is 0 Å². The Balaban J connectivity index is 1.80. The van der Waals surface area contributed by atoms with E-state index in [1.807, 2.05) is 26.0 Å². The third-order valence-electron chi connectivity index (χ3n) is 4.54. The fraction of sp³-hybridized carbons (Fsp3) is 0.455. The highest BCUT2D eigenvalue weighted by atomic mass is 16.3. The van der Waals surface area contributed by atoms with Crippen LogP contribution in [0.2, 0.25) is 0 Å². The minimum absolute atomic E-state index is 0.137. The van der Waals surface area contributed by atoms with Crippen molar-refractivity contribution in [2.45, 2.75) is 64.6 Å². The lowest BCUT2D eigenvalue weighted by Gasteiger charge is -2.16. The largest absolute Gasteiger partial charge is 0.508 e. The van der Waals surface area contributed by atoms with E-state index in [1.165, 1.54) is 11.1 Å². The minimum atomic E-state index is -0.562. The van der Waals surface area contributed by atoms with Crippen molar-refractivity contribution >= 4 is 0 Å². The van der Waals surface area contributed by atoms with Gasteiger partial charge in [-0.3, -0.25) is 0 Å². The molecule has 0 radical (unpaired) electrons. The van der Waals surface area contributed by atoms with E-state index in [4.69, 9.17) is 0 Å². The highest BCUT2D eigenvalue weighted by Crippen LogP contribution is 2.20. The van der Waals surface area contributed by atoms with Crippen molar-refractivity contribution in [3.63, 3.8) is 0 Å². The first-order valence-corrected chi connectivity index (χ1v) is 9.09. The number of phenols is 1. The van der Waals surface area contributed by atoms with Crippen LogP contribution in [0.5, 0.6) is 5.75 Å². The number of aliphatic hydroxyl groups is 2. The van der Waals surface area contributed by atoms with Gasteiger partial charge < -0.3 is 15.3 Å². The van der Waals surface area contributed by atoms with Crippen LogP contribution in [-0.4, -0.2) is 20.9 Å². The first-order chi connectivity index (χ1) is 11.9. The van der Waals surface area contributed by atoms with Crippen molar-refractivity contribution in [3.05, 3.63) is 64.7 Å². The summed E-state index contributed by atoms with van der Waals surface area (Å²) in [6.07, 6.45) is 5.86. The summed E-state index contributed by atoms with van der Waals surface area (Å²) in [6.45, 7) is 3.58. The standard InChI is InChI=1S/C22H30O3/c1-22(2,25)14-4-3-5-17-6-8-18(9-7-17)10-11-19-12-13-21(24)20(15-19)16-23/h6-9,12-13,15,23-25H,3-5,10-11,14,16H2,1-2H3. The minimum Gasteiger partial charge on any atom is -0.508 e. The maximum Gasteiger partial charge on any atom is 0.121 e. The zero-order valence-electron chi connectivity index (χ0n) is 15.3. The van der Waals surface area contributed by atoms with Gasteiger partial charge in [-0.15, -0.1) is 0 Å². The van der Waals surface area contributed by atoms with Crippen LogP contribution < -0.4 is 0 Å². The summed E-state index contributed by atoms with van der Waals surface area (Å²) in [5.74, 6) is 0.153. The van der Waals surface area contributed by atoms with Crippen LogP contribution in [0.25, 0.3) is 0 Å². The lowest BCUT2D eigenvalue weighted by Crippen LogP contribution is -2.17. The summed E-state index contributed by atoms with van der Waals surface area (Å²) in [6, 6.07) is 14.2. The number of hydrogen-bond donors (Lipinski definition) is 3. The topological polar surface area (TPSA) is 60.7 Å². The molecule has 0 fully saturated rings. The second-order valence-corrected chi connectivity index (χ2v) is 7.46. The average molecular weight is 342 g/mol. The van der Waals surface area contributed by atoms with Crippen LogP contribution in [0.4, 0.5) is 0 Å². The van der Waals surface area contributed by atoms with E-state index >= 15 is 0 Å². The average Bonchev–Trinajstić information content (AvgIpc) is 2.58. The molecule has 0 unspecified atom stereocenters. The Morgan fingerprint density at radius 1 is 0.800 bits per heavy atom. The van der Waals surface area contributed by atoms with Crippen LogP contribution in [0.3, 0.4) is 0 Å². The third kappa shape index (κ3) is 6.89. The van der Waals surface area contributed by atoms with Crippen LogP contribution in [0, 0.1) is 0 Å². The molecule has 0 aromatic heterocycles. The van der Waals surface area contributed by atoms with Crippen molar-refractivity contribution in [2.24, 2.45) is 0 Å². The number of hydrogen-bond acceptors (Lipinski definition) is 3. The molecule has 3 heteroatoms. The van der Waals surface area contributed by atoms with E-state index in [0.717, 1.165) is 44.1 Å². The predicted molar refractivity (Wildman–Crippen MR) is 102 cm³/mol. The molecule has 3 N–H and O–H groups in total. The Hall–Kier alpha value is -1.84. The van der Waals surface area contributed by atoms with E-state index in [1.54, 1.807) is 6.07 Å². The van der Waals surface area contributed by atoms with Crippen LogP contribution in [-0.2, 0) is 25.9 Å². The Bertz CT molecular complexity index is 654. The van der Waals surface area contributed by atoms with Crippen molar-refractivity contribution in [1.82, 2.24) is 0 Å². The predicted octanol–water partition coefficient (Wildman–Crippen LogP) is 4.15. The monoisotopic (exact) mass is 342 g/mol. The number of rotatable bonds is 9. The molecule has 0 spiro atoms. The molecule has 2 aromatic rings. The lowest BCUT2D eigenvalue weighted by molar-refractivity contribution is 0.0682. The molecule has 0 aliphatic carbocycles. The molecule has 0 aliphatic rings. The second-order valence-electron chi connectivity index (χ2n) is 7.46. The van der Waals surface area contributed by atoms with E-state index in [9.17, 15) is 15.3 Å². The molecule has 0 aliphatic heterocycles. The van der Waals surface area contributed by atoms with Gasteiger partial charge in [0.05, 0.1) is 12.2 Å². The van der Waals surface area contributed by atoms with Gasteiger partial charge in [-0.2, -0.15) is 0 Å². The lowest BCUT2D eigenvalue weighted by atomic mass is 9.98. The molecule has 2 rings (SSSR count). The molecular weight excluding hydrogens is 312 g/mol. The number of aliphatic hydroxyl groups excluding tert-OH is 1. The number of aromatic hydroxyl groups is 1. The quantitative estimate of drug-likeness (QED) is 0.600. The molecule has 3 nitrogen and oxygen atoms in total. The van der Waals surface area contributed by atoms with Gasteiger partial charge in [0.15, 0.2) is 0 Å². The van der Waals surface area contributed by atoms with Crippen LogP contribution in [0.15, 0.2) is 42.5 Å². The van der Waals surface area contributed by atoms with Gasteiger partial charge in [-0.25, -0.2) is 0 Å². The van der Waals surface area contributed by atoms with Crippen molar-refractivity contribution in [2.75, 3.05) is 0 Å². The fourth-order valence-corrected chi connectivity index (χ4v) is 2.97. The second kappa shape index (κ2) is 9.02. The fourth-order valence-electron chi connectivity index (χ4n) is 2.97. The van der Waals surface area contributed by atoms with E-state index in [0.29, 0.717) is 5.56 Å². The zero-order chi connectivity index (χ0) is 18.3. The molecule has 0 atom stereocenters. The van der Waals surface area contributed by atoms with Crippen LogP contribution in [0.1, 0.15) is 55.4 Å². The normalized spacial score (nSPS) is 11.7. The Kier molecular flexibility index (Phi) is 7.03. The summed E-state index contributed by atoms with van der Waals surface area (Å²) in [4.78, 5) is 0. The van der Waals surface area contributed by atoms with Gasteiger partial charge in [0, 0.05) is 5.56 Å². The Morgan fingerprint density at radius 3 is 1.96 bits per heavy atom. The van der Waals surface area contributed by atoms with Crippen molar-refractivity contribution in [1.29, 1.82) is 0 Å². The first kappa shape index (κ1) is 19.5.